The average Bonchev–Trinajstić information content (AvgIpc) is 2.47. The van der Waals surface area contributed by atoms with E-state index >= 15 is 0 Å². The first-order chi connectivity index (χ1) is 10.7. The number of rotatable bonds is 7. The number of amides is 2. The summed E-state index contributed by atoms with van der Waals surface area (Å²) < 4.78 is 0. The first kappa shape index (κ1) is 19.2. The van der Waals surface area contributed by atoms with Gasteiger partial charge in [-0.2, -0.15) is 0 Å². The van der Waals surface area contributed by atoms with Gasteiger partial charge in [0.2, 0.25) is 5.91 Å². The molecule has 0 saturated carbocycles. The van der Waals surface area contributed by atoms with Gasteiger partial charge in [0.1, 0.15) is 0 Å². The van der Waals surface area contributed by atoms with Crippen molar-refractivity contribution in [2.75, 3.05) is 11.9 Å². The number of hydrogen-bond acceptors (Lipinski definition) is 3. The molecule has 128 valence electrons. The minimum atomic E-state index is -0.180. The van der Waals surface area contributed by atoms with Crippen LogP contribution in [0.5, 0.6) is 0 Å². The van der Waals surface area contributed by atoms with Crippen LogP contribution in [-0.4, -0.2) is 29.6 Å². The van der Waals surface area contributed by atoms with Crippen LogP contribution in [-0.2, 0) is 4.79 Å². The lowest BCUT2D eigenvalue weighted by Crippen LogP contribution is -2.38. The van der Waals surface area contributed by atoms with E-state index in [4.69, 9.17) is 5.11 Å². The lowest BCUT2D eigenvalue weighted by Gasteiger charge is -2.19. The fourth-order valence-electron chi connectivity index (χ4n) is 2.11. The summed E-state index contributed by atoms with van der Waals surface area (Å²) in [5.41, 5.74) is 2.11. The number of nitrogens with one attached hydrogen (secondary N) is 2. The largest absolute Gasteiger partial charge is 0.396 e. The highest BCUT2D eigenvalue weighted by atomic mass is 16.3. The monoisotopic (exact) mass is 320 g/mol. The Morgan fingerprint density at radius 2 is 1.83 bits per heavy atom. The first-order valence-corrected chi connectivity index (χ1v) is 8.06. The molecule has 0 saturated heterocycles. The predicted molar refractivity (Wildman–Crippen MR) is 92.4 cm³/mol. The Hall–Kier alpha value is -1.88. The third kappa shape index (κ3) is 6.02. The van der Waals surface area contributed by atoms with E-state index < -0.39 is 0 Å². The van der Waals surface area contributed by atoms with Crippen molar-refractivity contribution in [2.24, 2.45) is 11.8 Å². The molecule has 1 aromatic carbocycles. The second kappa shape index (κ2) is 8.67. The highest BCUT2D eigenvalue weighted by molar-refractivity contribution is 5.96. The van der Waals surface area contributed by atoms with Crippen molar-refractivity contribution < 1.29 is 14.7 Å². The number of hydrogen-bond donors (Lipinski definition) is 3. The van der Waals surface area contributed by atoms with E-state index in [1.54, 1.807) is 18.2 Å². The zero-order valence-electron chi connectivity index (χ0n) is 14.6. The van der Waals surface area contributed by atoms with Crippen molar-refractivity contribution in [3.05, 3.63) is 29.3 Å². The number of carbonyl (C=O) groups excluding carboxylic acids is 2. The molecule has 0 fully saturated rings. The molecule has 5 nitrogen and oxygen atoms in total. The summed E-state index contributed by atoms with van der Waals surface area (Å²) in [6.07, 6.45) is 0.470. The Morgan fingerprint density at radius 1 is 1.17 bits per heavy atom. The van der Waals surface area contributed by atoms with Gasteiger partial charge >= 0.3 is 0 Å². The summed E-state index contributed by atoms with van der Waals surface area (Å²) in [6.45, 7) is 9.63. The molecule has 2 unspecified atom stereocenters. The van der Waals surface area contributed by atoms with Crippen LogP contribution >= 0.6 is 0 Å². The van der Waals surface area contributed by atoms with Crippen molar-refractivity contribution in [3.63, 3.8) is 0 Å². The van der Waals surface area contributed by atoms with Crippen LogP contribution in [0, 0.1) is 18.8 Å². The van der Waals surface area contributed by atoms with Gasteiger partial charge < -0.3 is 15.7 Å². The van der Waals surface area contributed by atoms with Gasteiger partial charge in [-0.05, 0) is 49.4 Å². The van der Waals surface area contributed by atoms with Gasteiger partial charge in [-0.3, -0.25) is 9.59 Å². The van der Waals surface area contributed by atoms with E-state index in [1.807, 2.05) is 34.6 Å². The summed E-state index contributed by atoms with van der Waals surface area (Å²) in [7, 11) is 0. The van der Waals surface area contributed by atoms with Gasteiger partial charge in [-0.25, -0.2) is 0 Å². The summed E-state index contributed by atoms with van der Waals surface area (Å²) in [5, 5.41) is 14.9. The molecule has 23 heavy (non-hydrogen) atoms. The smallest absolute Gasteiger partial charge is 0.251 e. The fraction of sp³-hybridized carbons (Fsp3) is 0.556. The average molecular weight is 320 g/mol. The third-order valence-electron chi connectivity index (χ3n) is 3.86. The van der Waals surface area contributed by atoms with Gasteiger partial charge in [-0.15, -0.1) is 0 Å². The Morgan fingerprint density at radius 3 is 2.35 bits per heavy atom. The van der Waals surface area contributed by atoms with Crippen LogP contribution in [0.1, 0.15) is 50.0 Å². The fourth-order valence-corrected chi connectivity index (χ4v) is 2.11. The minimum absolute atomic E-state index is 0.00496. The second-order valence-electron chi connectivity index (χ2n) is 6.60. The van der Waals surface area contributed by atoms with Crippen molar-refractivity contribution >= 4 is 17.5 Å². The molecule has 0 aromatic heterocycles. The SMILES string of the molecule is Cc1cc(C(=O)NC(C)C(C)CO)ccc1NC(=O)CC(C)C. The Kier molecular flexibility index (Phi) is 7.23. The molecular formula is C18H28N2O3. The van der Waals surface area contributed by atoms with Crippen molar-refractivity contribution in [1.82, 2.24) is 5.32 Å². The zero-order chi connectivity index (χ0) is 17.6. The molecule has 0 bridgehead atoms. The predicted octanol–water partition coefficient (Wildman–Crippen LogP) is 2.73. The van der Waals surface area contributed by atoms with Crippen LogP contribution in [0.3, 0.4) is 0 Å². The molecule has 0 spiro atoms. The molecule has 0 aliphatic heterocycles. The second-order valence-corrected chi connectivity index (χ2v) is 6.60. The van der Waals surface area contributed by atoms with Crippen LogP contribution < -0.4 is 10.6 Å². The maximum atomic E-state index is 12.2. The molecule has 3 N–H and O–H groups in total. The summed E-state index contributed by atoms with van der Waals surface area (Å²) in [4.78, 5) is 24.1. The number of aliphatic hydroxyl groups is 1. The zero-order valence-corrected chi connectivity index (χ0v) is 14.6. The number of benzene rings is 1. The van der Waals surface area contributed by atoms with Crippen molar-refractivity contribution in [3.8, 4) is 0 Å². The minimum Gasteiger partial charge on any atom is -0.396 e. The summed E-state index contributed by atoms with van der Waals surface area (Å²) in [6, 6.07) is 5.10. The normalized spacial score (nSPS) is 13.5. The molecule has 1 rings (SSSR count). The van der Waals surface area contributed by atoms with Crippen LogP contribution in [0.15, 0.2) is 18.2 Å². The van der Waals surface area contributed by atoms with Gasteiger partial charge in [0.05, 0.1) is 0 Å². The molecular weight excluding hydrogens is 292 g/mol. The number of anilines is 1. The van der Waals surface area contributed by atoms with Crippen LogP contribution in [0.25, 0.3) is 0 Å². The van der Waals surface area contributed by atoms with Gasteiger partial charge in [0.25, 0.3) is 5.91 Å². The maximum Gasteiger partial charge on any atom is 0.251 e. The van der Waals surface area contributed by atoms with E-state index in [0.29, 0.717) is 17.9 Å². The van der Waals surface area contributed by atoms with Gasteiger partial charge in [-0.1, -0.05) is 20.8 Å². The molecule has 5 heteroatoms. The number of aliphatic hydroxyl groups excluding tert-OH is 1. The Labute approximate surface area is 138 Å². The topological polar surface area (TPSA) is 78.4 Å². The first-order valence-electron chi connectivity index (χ1n) is 8.06. The quantitative estimate of drug-likeness (QED) is 0.723. The molecule has 2 amide bonds. The van der Waals surface area contributed by atoms with Crippen molar-refractivity contribution in [2.45, 2.75) is 47.1 Å². The standard InChI is InChI=1S/C18H28N2O3/c1-11(2)8-17(22)20-16-7-6-15(9-12(16)3)18(23)19-14(5)13(4)10-21/h6-7,9,11,13-14,21H,8,10H2,1-5H3,(H,19,23)(H,20,22). The number of carbonyl (C=O) groups is 2. The van der Waals surface area contributed by atoms with Crippen LogP contribution in [0.4, 0.5) is 5.69 Å². The Balaban J connectivity index is 2.75. The molecule has 0 radical (unpaired) electrons. The third-order valence-corrected chi connectivity index (χ3v) is 3.86. The van der Waals surface area contributed by atoms with E-state index in [1.165, 1.54) is 0 Å². The van der Waals surface area contributed by atoms with Crippen LogP contribution in [0.2, 0.25) is 0 Å². The maximum absolute atomic E-state index is 12.2. The van der Waals surface area contributed by atoms with E-state index in [2.05, 4.69) is 10.6 Å². The highest BCUT2D eigenvalue weighted by Crippen LogP contribution is 2.18. The Bertz CT molecular complexity index is 555. The lowest BCUT2D eigenvalue weighted by molar-refractivity contribution is -0.116. The molecule has 2 atom stereocenters. The number of aryl methyl sites for hydroxylation is 1. The molecule has 0 aliphatic rings. The lowest BCUT2D eigenvalue weighted by atomic mass is 10.0. The summed E-state index contributed by atoms with van der Waals surface area (Å²) >= 11 is 0. The summed E-state index contributed by atoms with van der Waals surface area (Å²) in [5.74, 6) is 0.0941. The van der Waals surface area contributed by atoms with Gasteiger partial charge in [0, 0.05) is 30.3 Å². The van der Waals surface area contributed by atoms with E-state index in [-0.39, 0.29) is 30.4 Å². The molecule has 0 heterocycles. The van der Waals surface area contributed by atoms with E-state index in [9.17, 15) is 9.59 Å². The molecule has 0 aliphatic carbocycles. The van der Waals surface area contributed by atoms with Crippen molar-refractivity contribution in [1.29, 1.82) is 0 Å². The molecule has 1 aromatic rings. The van der Waals surface area contributed by atoms with Gasteiger partial charge in [0.15, 0.2) is 0 Å². The van der Waals surface area contributed by atoms with E-state index in [0.717, 1.165) is 11.3 Å². The highest BCUT2D eigenvalue weighted by Gasteiger charge is 2.16.